The summed E-state index contributed by atoms with van der Waals surface area (Å²) < 4.78 is 5.41. The highest BCUT2D eigenvalue weighted by atomic mass is 35.5. The van der Waals surface area contributed by atoms with Gasteiger partial charge in [-0.1, -0.05) is 0 Å². The van der Waals surface area contributed by atoms with Crippen molar-refractivity contribution in [2.45, 2.75) is 12.8 Å². The summed E-state index contributed by atoms with van der Waals surface area (Å²) >= 11 is 0. The van der Waals surface area contributed by atoms with Gasteiger partial charge in [-0.3, -0.25) is 4.79 Å². The molecule has 4 heteroatoms. The first-order valence-corrected chi connectivity index (χ1v) is 5.60. The molecule has 0 radical (unpaired) electrons. The van der Waals surface area contributed by atoms with Gasteiger partial charge < -0.3 is 9.64 Å². The Morgan fingerprint density at radius 1 is 1.41 bits per heavy atom. The number of ketones is 1. The van der Waals surface area contributed by atoms with Crippen molar-refractivity contribution in [1.29, 1.82) is 0 Å². The van der Waals surface area contributed by atoms with Crippen molar-refractivity contribution in [3.8, 4) is 5.75 Å². The number of carbonyl (C=O) groups is 1. The van der Waals surface area contributed by atoms with E-state index >= 15 is 0 Å². The van der Waals surface area contributed by atoms with Crippen molar-refractivity contribution < 1.29 is 9.53 Å². The van der Waals surface area contributed by atoms with E-state index in [0.717, 1.165) is 36.4 Å². The third-order valence-electron chi connectivity index (χ3n) is 2.80. The molecule has 1 aliphatic heterocycles. The van der Waals surface area contributed by atoms with E-state index in [1.807, 2.05) is 37.2 Å². The van der Waals surface area contributed by atoms with Gasteiger partial charge in [0.25, 0.3) is 0 Å². The van der Waals surface area contributed by atoms with Gasteiger partial charge in [0.05, 0.1) is 6.61 Å². The first-order chi connectivity index (χ1) is 7.66. The number of Topliss-reactive ketones (excluding diaryl/α,β-unsaturated/α-hetero) is 1. The Labute approximate surface area is 108 Å². The topological polar surface area (TPSA) is 29.5 Å². The number of carbonyl (C=O) groups excluding carboxylic acids is 1. The molecule has 1 aromatic carbocycles. The predicted octanol–water partition coefficient (Wildman–Crippen LogP) is 2.18. The summed E-state index contributed by atoms with van der Waals surface area (Å²) in [5, 5.41) is 0. The van der Waals surface area contributed by atoms with Crippen LogP contribution in [0.5, 0.6) is 5.75 Å². The van der Waals surface area contributed by atoms with Gasteiger partial charge in [-0.15, -0.1) is 12.4 Å². The van der Waals surface area contributed by atoms with Crippen molar-refractivity contribution in [1.82, 2.24) is 4.90 Å². The summed E-state index contributed by atoms with van der Waals surface area (Å²) in [6, 6.07) is 5.74. The third-order valence-corrected chi connectivity index (χ3v) is 2.80. The van der Waals surface area contributed by atoms with Gasteiger partial charge >= 0.3 is 0 Å². The number of hydrogen-bond donors (Lipinski definition) is 0. The molecule has 1 aliphatic rings. The molecular weight excluding hydrogens is 238 g/mol. The van der Waals surface area contributed by atoms with Crippen LogP contribution < -0.4 is 4.74 Å². The first-order valence-electron chi connectivity index (χ1n) is 5.60. The molecule has 1 heterocycles. The molecule has 0 aromatic heterocycles. The molecule has 0 N–H and O–H groups in total. The SMILES string of the molecule is CN(C)CCC(=O)c1ccc2c(c1)CCO2.Cl. The van der Waals surface area contributed by atoms with E-state index in [2.05, 4.69) is 0 Å². The van der Waals surface area contributed by atoms with Gasteiger partial charge in [-0.25, -0.2) is 0 Å². The average molecular weight is 256 g/mol. The number of hydrogen-bond acceptors (Lipinski definition) is 3. The molecule has 0 unspecified atom stereocenters. The van der Waals surface area contributed by atoms with Crippen LogP contribution in [0.15, 0.2) is 18.2 Å². The second-order valence-electron chi connectivity index (χ2n) is 4.40. The number of rotatable bonds is 4. The standard InChI is InChI=1S/C13H17NO2.ClH/c1-14(2)7-5-12(15)10-3-4-13-11(9-10)6-8-16-13;/h3-4,9H,5-8H2,1-2H3;1H. The van der Waals surface area contributed by atoms with Crippen molar-refractivity contribution >= 4 is 18.2 Å². The molecule has 94 valence electrons. The van der Waals surface area contributed by atoms with E-state index in [1.165, 1.54) is 0 Å². The van der Waals surface area contributed by atoms with Gasteiger partial charge in [-0.2, -0.15) is 0 Å². The summed E-state index contributed by atoms with van der Waals surface area (Å²) in [6.45, 7) is 1.54. The fourth-order valence-electron chi connectivity index (χ4n) is 1.83. The van der Waals surface area contributed by atoms with Crippen molar-refractivity contribution in [3.05, 3.63) is 29.3 Å². The molecule has 0 spiro atoms. The zero-order valence-corrected chi connectivity index (χ0v) is 11.0. The second-order valence-corrected chi connectivity index (χ2v) is 4.40. The Hall–Kier alpha value is -1.06. The lowest BCUT2D eigenvalue weighted by atomic mass is 10.0. The van der Waals surface area contributed by atoms with Crippen molar-refractivity contribution in [2.24, 2.45) is 0 Å². The third kappa shape index (κ3) is 3.45. The quantitative estimate of drug-likeness (QED) is 0.773. The summed E-state index contributed by atoms with van der Waals surface area (Å²) in [6.07, 6.45) is 1.50. The molecule has 2 rings (SSSR count). The molecule has 3 nitrogen and oxygen atoms in total. The van der Waals surface area contributed by atoms with E-state index in [1.54, 1.807) is 0 Å². The second kappa shape index (κ2) is 6.03. The van der Waals surface area contributed by atoms with Crippen LogP contribution in [0.2, 0.25) is 0 Å². The van der Waals surface area contributed by atoms with E-state index in [0.29, 0.717) is 6.42 Å². The number of benzene rings is 1. The van der Waals surface area contributed by atoms with Crippen LogP contribution in [0, 0.1) is 0 Å². The van der Waals surface area contributed by atoms with Gasteiger partial charge in [0.15, 0.2) is 5.78 Å². The Balaban J connectivity index is 0.00000144. The highest BCUT2D eigenvalue weighted by molar-refractivity contribution is 5.96. The maximum atomic E-state index is 11.9. The molecule has 0 saturated heterocycles. The van der Waals surface area contributed by atoms with Crippen LogP contribution in [-0.4, -0.2) is 37.9 Å². The molecule has 17 heavy (non-hydrogen) atoms. The Morgan fingerprint density at radius 3 is 2.88 bits per heavy atom. The lowest BCUT2D eigenvalue weighted by molar-refractivity contribution is 0.0972. The van der Waals surface area contributed by atoms with E-state index in [4.69, 9.17) is 4.74 Å². The normalized spacial score (nSPS) is 12.9. The molecule has 0 saturated carbocycles. The number of halogens is 1. The van der Waals surface area contributed by atoms with Crippen LogP contribution in [0.1, 0.15) is 22.3 Å². The first kappa shape index (κ1) is 14.0. The van der Waals surface area contributed by atoms with Crippen LogP contribution >= 0.6 is 12.4 Å². The summed E-state index contributed by atoms with van der Waals surface area (Å²) in [5.41, 5.74) is 1.97. The largest absolute Gasteiger partial charge is 0.493 e. The van der Waals surface area contributed by atoms with E-state index in [-0.39, 0.29) is 18.2 Å². The summed E-state index contributed by atoms with van der Waals surface area (Å²) in [4.78, 5) is 13.9. The lowest BCUT2D eigenvalue weighted by Crippen LogP contribution is -2.16. The van der Waals surface area contributed by atoms with E-state index < -0.39 is 0 Å². The van der Waals surface area contributed by atoms with Crippen molar-refractivity contribution in [2.75, 3.05) is 27.2 Å². The van der Waals surface area contributed by atoms with Crippen LogP contribution in [0.3, 0.4) is 0 Å². The van der Waals surface area contributed by atoms with Gasteiger partial charge in [0, 0.05) is 24.9 Å². The smallest absolute Gasteiger partial charge is 0.164 e. The van der Waals surface area contributed by atoms with Crippen LogP contribution in [0.25, 0.3) is 0 Å². The van der Waals surface area contributed by atoms with Crippen LogP contribution in [0.4, 0.5) is 0 Å². The monoisotopic (exact) mass is 255 g/mol. The summed E-state index contributed by atoms with van der Waals surface area (Å²) in [5.74, 6) is 1.15. The van der Waals surface area contributed by atoms with Gasteiger partial charge in [0.1, 0.15) is 5.75 Å². The average Bonchev–Trinajstić information content (AvgIpc) is 2.72. The minimum Gasteiger partial charge on any atom is -0.493 e. The Bertz CT molecular complexity index is 404. The zero-order valence-electron chi connectivity index (χ0n) is 10.2. The molecule has 0 atom stereocenters. The molecule has 0 aliphatic carbocycles. The number of fused-ring (bicyclic) bond motifs is 1. The maximum absolute atomic E-state index is 11.9. The van der Waals surface area contributed by atoms with Crippen LogP contribution in [-0.2, 0) is 6.42 Å². The fourth-order valence-corrected chi connectivity index (χ4v) is 1.83. The van der Waals surface area contributed by atoms with Gasteiger partial charge in [0.2, 0.25) is 0 Å². The highest BCUT2D eigenvalue weighted by Crippen LogP contribution is 2.26. The Kier molecular flexibility index (Phi) is 4.97. The fraction of sp³-hybridized carbons (Fsp3) is 0.462. The molecule has 0 amide bonds. The molecule has 0 fully saturated rings. The van der Waals surface area contributed by atoms with Crippen molar-refractivity contribution in [3.63, 3.8) is 0 Å². The zero-order chi connectivity index (χ0) is 11.5. The minimum atomic E-state index is 0. The summed E-state index contributed by atoms with van der Waals surface area (Å²) in [7, 11) is 3.95. The molecule has 1 aromatic rings. The van der Waals surface area contributed by atoms with E-state index in [9.17, 15) is 4.79 Å². The molecule has 0 bridgehead atoms. The molecular formula is C13H18ClNO2. The highest BCUT2D eigenvalue weighted by Gasteiger charge is 2.14. The maximum Gasteiger partial charge on any atom is 0.164 e. The predicted molar refractivity (Wildman–Crippen MR) is 70.4 cm³/mol. The Morgan fingerprint density at radius 2 is 2.18 bits per heavy atom. The minimum absolute atomic E-state index is 0. The van der Waals surface area contributed by atoms with Gasteiger partial charge in [-0.05, 0) is 37.9 Å². The lowest BCUT2D eigenvalue weighted by Gasteiger charge is -2.08. The number of ether oxygens (including phenoxy) is 1. The number of nitrogens with zero attached hydrogens (tertiary/aromatic N) is 1.